The van der Waals surface area contributed by atoms with Gasteiger partial charge >= 0.3 is 0 Å². The summed E-state index contributed by atoms with van der Waals surface area (Å²) in [5, 5.41) is 60.7. The van der Waals surface area contributed by atoms with Crippen molar-refractivity contribution in [3.05, 3.63) is 12.2 Å². The lowest BCUT2D eigenvalue weighted by atomic mass is 9.63. The zero-order chi connectivity index (χ0) is 26.1. The number of hydrogen-bond donors (Lipinski definition) is 6. The van der Waals surface area contributed by atoms with Crippen LogP contribution in [0, 0.1) is 17.3 Å². The SMILES string of the molecule is CC(=O)/C=C/[C@H]1[C@@H](C)C[C@H](O[C@@H]2O[C@H](CO[C@@H]3OC[C@@H](O)[C@H](O)[C@H]3O)[C@@H](O)[C@H](O)[C@H]2O)CC1(C)C. The van der Waals surface area contributed by atoms with Gasteiger partial charge in [0.25, 0.3) is 0 Å². The van der Waals surface area contributed by atoms with Crippen molar-refractivity contribution in [1.82, 2.24) is 0 Å². The van der Waals surface area contributed by atoms with Crippen molar-refractivity contribution in [2.75, 3.05) is 13.2 Å². The Morgan fingerprint density at radius 3 is 2.29 bits per heavy atom. The molecule has 2 saturated heterocycles. The van der Waals surface area contributed by atoms with Crippen LogP contribution in [0.4, 0.5) is 0 Å². The Balaban J connectivity index is 1.61. The number of allylic oxidation sites excluding steroid dienone is 2. The molecule has 1 saturated carbocycles. The van der Waals surface area contributed by atoms with Gasteiger partial charge in [-0.15, -0.1) is 0 Å². The fourth-order valence-electron chi connectivity index (χ4n) is 5.40. The summed E-state index contributed by atoms with van der Waals surface area (Å²) in [6.45, 7) is 7.17. The van der Waals surface area contributed by atoms with Crippen LogP contribution < -0.4 is 0 Å². The number of aliphatic hydroxyl groups is 6. The zero-order valence-electron chi connectivity index (χ0n) is 20.6. The highest BCUT2D eigenvalue weighted by Gasteiger charge is 2.48. The van der Waals surface area contributed by atoms with E-state index < -0.39 is 55.3 Å². The lowest BCUT2D eigenvalue weighted by Gasteiger charge is -2.47. The molecule has 0 amide bonds. The van der Waals surface area contributed by atoms with Gasteiger partial charge in [0.15, 0.2) is 18.4 Å². The van der Waals surface area contributed by atoms with E-state index in [-0.39, 0.29) is 42.4 Å². The van der Waals surface area contributed by atoms with Crippen molar-refractivity contribution in [2.24, 2.45) is 17.3 Å². The van der Waals surface area contributed by atoms with E-state index in [0.29, 0.717) is 12.8 Å². The van der Waals surface area contributed by atoms with Gasteiger partial charge in [-0.25, -0.2) is 0 Å². The number of ketones is 1. The van der Waals surface area contributed by atoms with Gasteiger partial charge in [-0.05, 0) is 43.1 Å². The topological polar surface area (TPSA) is 175 Å². The van der Waals surface area contributed by atoms with Gasteiger partial charge in [-0.3, -0.25) is 4.79 Å². The second kappa shape index (κ2) is 11.6. The third kappa shape index (κ3) is 6.67. The Kier molecular flexibility index (Phi) is 9.47. The third-order valence-corrected chi connectivity index (χ3v) is 7.32. The van der Waals surface area contributed by atoms with Crippen molar-refractivity contribution in [1.29, 1.82) is 0 Å². The van der Waals surface area contributed by atoms with Gasteiger partial charge in [0.05, 0.1) is 19.3 Å². The summed E-state index contributed by atoms with van der Waals surface area (Å²) in [6, 6.07) is 0. The lowest BCUT2D eigenvalue weighted by Crippen LogP contribution is -2.61. The van der Waals surface area contributed by atoms with Crippen molar-refractivity contribution >= 4 is 5.78 Å². The Labute approximate surface area is 205 Å². The molecule has 6 N–H and O–H groups in total. The van der Waals surface area contributed by atoms with E-state index >= 15 is 0 Å². The zero-order valence-corrected chi connectivity index (χ0v) is 20.6. The average Bonchev–Trinajstić information content (AvgIpc) is 2.77. The summed E-state index contributed by atoms with van der Waals surface area (Å²) in [5.74, 6) is 0.331. The second-order valence-corrected chi connectivity index (χ2v) is 10.8. The van der Waals surface area contributed by atoms with Crippen molar-refractivity contribution < 1.29 is 54.4 Å². The predicted molar refractivity (Wildman–Crippen MR) is 121 cm³/mol. The predicted octanol–water partition coefficient (Wildman–Crippen LogP) is -1.15. The minimum absolute atomic E-state index is 0.0114. The molecule has 2 heterocycles. The molecule has 11 heteroatoms. The monoisotopic (exact) mass is 504 g/mol. The smallest absolute Gasteiger partial charge is 0.186 e. The molecule has 0 aromatic heterocycles. The van der Waals surface area contributed by atoms with E-state index in [0.717, 1.165) is 0 Å². The molecular formula is C24H40O11. The summed E-state index contributed by atoms with van der Waals surface area (Å²) in [6.07, 6.45) is -7.90. The van der Waals surface area contributed by atoms with Crippen LogP contribution in [-0.2, 0) is 23.7 Å². The first-order valence-corrected chi connectivity index (χ1v) is 12.1. The Morgan fingerprint density at radius 2 is 1.66 bits per heavy atom. The largest absolute Gasteiger partial charge is 0.388 e. The minimum atomic E-state index is -1.56. The summed E-state index contributed by atoms with van der Waals surface area (Å²) in [4.78, 5) is 11.4. The molecular weight excluding hydrogens is 464 g/mol. The molecule has 0 bridgehead atoms. The first kappa shape index (κ1) is 28.6. The van der Waals surface area contributed by atoms with E-state index in [2.05, 4.69) is 20.8 Å². The molecule has 0 unspecified atom stereocenters. The number of carbonyl (C=O) groups excluding carboxylic acids is 1. The standard InChI is InChI=1S/C24H40O11/c1-11-7-13(8-24(3,4)14(11)6-5-12(2)25)34-23-21(31)19(29)18(28)16(35-23)10-33-22-20(30)17(27)15(26)9-32-22/h5-6,11,13-23,26-31H,7-10H2,1-4H3/b6-5+/t11-,13-,14-,15+,16+,17-,18+,19-,20+,21+,22-,23+/m0/s1. The molecule has 0 aromatic rings. The molecule has 0 aromatic carbocycles. The van der Waals surface area contributed by atoms with Gasteiger partial charge < -0.3 is 49.6 Å². The van der Waals surface area contributed by atoms with Crippen molar-refractivity contribution in [3.8, 4) is 0 Å². The van der Waals surface area contributed by atoms with Crippen LogP contribution in [0.1, 0.15) is 40.5 Å². The van der Waals surface area contributed by atoms with E-state index in [1.54, 1.807) is 6.08 Å². The summed E-state index contributed by atoms with van der Waals surface area (Å²) < 4.78 is 22.5. The van der Waals surface area contributed by atoms with Gasteiger partial charge in [-0.1, -0.05) is 26.8 Å². The Bertz CT molecular complexity index is 743. The van der Waals surface area contributed by atoms with E-state index in [1.807, 2.05) is 6.08 Å². The molecule has 12 atom stereocenters. The normalized spacial score (nSPS) is 46.6. The van der Waals surface area contributed by atoms with Gasteiger partial charge in [0.1, 0.15) is 42.7 Å². The van der Waals surface area contributed by atoms with E-state index in [4.69, 9.17) is 18.9 Å². The molecule has 3 aliphatic rings. The van der Waals surface area contributed by atoms with Crippen LogP contribution >= 0.6 is 0 Å². The van der Waals surface area contributed by atoms with Crippen LogP contribution in [0.5, 0.6) is 0 Å². The first-order chi connectivity index (χ1) is 16.3. The number of aliphatic hydroxyl groups excluding tert-OH is 6. The fraction of sp³-hybridized carbons (Fsp3) is 0.875. The van der Waals surface area contributed by atoms with Crippen LogP contribution in [-0.4, -0.2) is 111 Å². The average molecular weight is 505 g/mol. The van der Waals surface area contributed by atoms with Crippen LogP contribution in [0.15, 0.2) is 12.2 Å². The number of hydrogen-bond acceptors (Lipinski definition) is 11. The van der Waals surface area contributed by atoms with E-state index in [1.165, 1.54) is 6.92 Å². The summed E-state index contributed by atoms with van der Waals surface area (Å²) in [5.41, 5.74) is -0.200. The van der Waals surface area contributed by atoms with Gasteiger partial charge in [0, 0.05) is 0 Å². The quantitative estimate of drug-likeness (QED) is 0.231. The lowest BCUT2D eigenvalue weighted by molar-refractivity contribution is -0.330. The molecule has 0 radical (unpaired) electrons. The van der Waals surface area contributed by atoms with E-state index in [9.17, 15) is 35.4 Å². The Morgan fingerprint density at radius 1 is 1.00 bits per heavy atom. The second-order valence-electron chi connectivity index (χ2n) is 10.8. The Hall–Kier alpha value is -0.990. The molecule has 3 fully saturated rings. The maximum Gasteiger partial charge on any atom is 0.186 e. The van der Waals surface area contributed by atoms with Crippen molar-refractivity contribution in [2.45, 2.75) is 102 Å². The van der Waals surface area contributed by atoms with Crippen molar-refractivity contribution in [3.63, 3.8) is 0 Å². The summed E-state index contributed by atoms with van der Waals surface area (Å²) in [7, 11) is 0. The third-order valence-electron chi connectivity index (χ3n) is 7.32. The molecule has 2 aliphatic heterocycles. The molecule has 202 valence electrons. The molecule has 35 heavy (non-hydrogen) atoms. The number of carbonyl (C=O) groups is 1. The molecule has 11 nitrogen and oxygen atoms in total. The maximum absolute atomic E-state index is 11.4. The highest BCUT2D eigenvalue weighted by Crippen LogP contribution is 2.46. The molecule has 3 rings (SSSR count). The highest BCUT2D eigenvalue weighted by atomic mass is 16.7. The highest BCUT2D eigenvalue weighted by molar-refractivity contribution is 5.87. The van der Waals surface area contributed by atoms with Gasteiger partial charge in [0.2, 0.25) is 0 Å². The fourth-order valence-corrected chi connectivity index (χ4v) is 5.40. The molecule has 0 spiro atoms. The maximum atomic E-state index is 11.4. The number of ether oxygens (including phenoxy) is 4. The van der Waals surface area contributed by atoms with Crippen LogP contribution in [0.3, 0.4) is 0 Å². The minimum Gasteiger partial charge on any atom is -0.388 e. The van der Waals surface area contributed by atoms with Crippen LogP contribution in [0.25, 0.3) is 0 Å². The van der Waals surface area contributed by atoms with Crippen LogP contribution in [0.2, 0.25) is 0 Å². The molecule has 1 aliphatic carbocycles. The summed E-state index contributed by atoms with van der Waals surface area (Å²) >= 11 is 0. The first-order valence-electron chi connectivity index (χ1n) is 12.1. The number of rotatable bonds is 7. The van der Waals surface area contributed by atoms with Gasteiger partial charge in [-0.2, -0.15) is 0 Å².